The van der Waals surface area contributed by atoms with E-state index in [1.54, 1.807) is 12.4 Å². The van der Waals surface area contributed by atoms with Crippen LogP contribution in [0.1, 0.15) is 12.6 Å². The third kappa shape index (κ3) is 1.53. The van der Waals surface area contributed by atoms with E-state index >= 15 is 0 Å². The van der Waals surface area contributed by atoms with Crippen molar-refractivity contribution in [3.63, 3.8) is 0 Å². The molecule has 2 heterocycles. The molecular weight excluding hydrogens is 164 g/mol. The fourth-order valence-corrected chi connectivity index (χ4v) is 1.28. The highest BCUT2D eigenvalue weighted by atomic mass is 15.0. The second kappa shape index (κ2) is 3.53. The SMILES string of the molecule is CCNCc1cnc2cnccn12. The zero-order valence-corrected chi connectivity index (χ0v) is 7.57. The van der Waals surface area contributed by atoms with Gasteiger partial charge in [0.25, 0.3) is 0 Å². The van der Waals surface area contributed by atoms with Crippen molar-refractivity contribution in [2.75, 3.05) is 6.54 Å². The Bertz CT molecular complexity index is 393. The van der Waals surface area contributed by atoms with Crippen LogP contribution in [0.4, 0.5) is 0 Å². The molecule has 13 heavy (non-hydrogen) atoms. The molecule has 2 aromatic heterocycles. The van der Waals surface area contributed by atoms with Gasteiger partial charge in [-0.1, -0.05) is 6.92 Å². The monoisotopic (exact) mass is 176 g/mol. The minimum atomic E-state index is 0.849. The average molecular weight is 176 g/mol. The van der Waals surface area contributed by atoms with Gasteiger partial charge in [-0.05, 0) is 6.54 Å². The molecular formula is C9H12N4. The number of aromatic nitrogens is 3. The van der Waals surface area contributed by atoms with Gasteiger partial charge in [-0.15, -0.1) is 0 Å². The van der Waals surface area contributed by atoms with Crippen molar-refractivity contribution in [3.8, 4) is 0 Å². The average Bonchev–Trinajstić information content (AvgIpc) is 2.58. The first-order chi connectivity index (χ1) is 6.42. The Hall–Kier alpha value is -1.42. The normalized spacial score (nSPS) is 10.8. The lowest BCUT2D eigenvalue weighted by molar-refractivity contribution is 0.705. The minimum Gasteiger partial charge on any atom is -0.311 e. The number of rotatable bonds is 3. The van der Waals surface area contributed by atoms with Crippen LogP contribution < -0.4 is 5.32 Å². The van der Waals surface area contributed by atoms with E-state index in [0.29, 0.717) is 0 Å². The summed E-state index contributed by atoms with van der Waals surface area (Å²) < 4.78 is 2.04. The second-order valence-corrected chi connectivity index (χ2v) is 2.83. The summed E-state index contributed by atoms with van der Waals surface area (Å²) in [6.45, 7) is 3.91. The molecule has 0 saturated carbocycles. The summed E-state index contributed by atoms with van der Waals surface area (Å²) >= 11 is 0. The van der Waals surface area contributed by atoms with Crippen molar-refractivity contribution in [2.45, 2.75) is 13.5 Å². The molecule has 0 unspecified atom stereocenters. The van der Waals surface area contributed by atoms with Crippen LogP contribution in [-0.2, 0) is 6.54 Å². The molecule has 0 fully saturated rings. The van der Waals surface area contributed by atoms with E-state index in [2.05, 4.69) is 22.2 Å². The quantitative estimate of drug-likeness (QED) is 0.753. The third-order valence-electron chi connectivity index (χ3n) is 1.95. The number of hydrogen-bond donors (Lipinski definition) is 1. The summed E-state index contributed by atoms with van der Waals surface area (Å²) in [5, 5.41) is 3.26. The lowest BCUT2D eigenvalue weighted by Gasteiger charge is -2.00. The van der Waals surface area contributed by atoms with Gasteiger partial charge in [-0.2, -0.15) is 0 Å². The first kappa shape index (κ1) is 8.19. The first-order valence-corrected chi connectivity index (χ1v) is 4.38. The van der Waals surface area contributed by atoms with Crippen LogP contribution in [0.5, 0.6) is 0 Å². The van der Waals surface area contributed by atoms with Gasteiger partial charge in [0, 0.05) is 18.9 Å². The van der Waals surface area contributed by atoms with E-state index in [-0.39, 0.29) is 0 Å². The molecule has 0 radical (unpaired) electrons. The van der Waals surface area contributed by atoms with Crippen molar-refractivity contribution < 1.29 is 0 Å². The molecule has 0 aromatic carbocycles. The highest BCUT2D eigenvalue weighted by Crippen LogP contribution is 2.03. The van der Waals surface area contributed by atoms with Gasteiger partial charge in [0.05, 0.1) is 18.1 Å². The number of imidazole rings is 1. The Kier molecular flexibility index (Phi) is 2.23. The van der Waals surface area contributed by atoms with Crippen LogP contribution in [0.15, 0.2) is 24.8 Å². The van der Waals surface area contributed by atoms with Gasteiger partial charge in [-0.25, -0.2) is 4.98 Å². The number of fused-ring (bicyclic) bond motifs is 1. The van der Waals surface area contributed by atoms with Crippen LogP contribution in [0.2, 0.25) is 0 Å². The van der Waals surface area contributed by atoms with E-state index in [9.17, 15) is 0 Å². The van der Waals surface area contributed by atoms with E-state index in [1.165, 1.54) is 5.69 Å². The maximum absolute atomic E-state index is 4.23. The van der Waals surface area contributed by atoms with Gasteiger partial charge in [0.2, 0.25) is 0 Å². The second-order valence-electron chi connectivity index (χ2n) is 2.83. The molecule has 0 aliphatic rings. The predicted octanol–water partition coefficient (Wildman–Crippen LogP) is 0.839. The minimum absolute atomic E-state index is 0.849. The zero-order chi connectivity index (χ0) is 9.10. The Balaban J connectivity index is 2.35. The van der Waals surface area contributed by atoms with E-state index in [1.807, 2.05) is 16.8 Å². The van der Waals surface area contributed by atoms with Gasteiger partial charge >= 0.3 is 0 Å². The zero-order valence-electron chi connectivity index (χ0n) is 7.57. The third-order valence-corrected chi connectivity index (χ3v) is 1.95. The van der Waals surface area contributed by atoms with Crippen LogP contribution in [0, 0.1) is 0 Å². The van der Waals surface area contributed by atoms with Gasteiger partial charge < -0.3 is 5.32 Å². The van der Waals surface area contributed by atoms with E-state index in [0.717, 1.165) is 18.7 Å². The number of nitrogens with one attached hydrogen (secondary N) is 1. The van der Waals surface area contributed by atoms with Gasteiger partial charge in [-0.3, -0.25) is 9.38 Å². The Morgan fingerprint density at radius 1 is 1.46 bits per heavy atom. The highest BCUT2D eigenvalue weighted by Gasteiger charge is 2.00. The molecule has 0 saturated heterocycles. The number of hydrogen-bond acceptors (Lipinski definition) is 3. The molecule has 0 amide bonds. The Morgan fingerprint density at radius 3 is 3.23 bits per heavy atom. The van der Waals surface area contributed by atoms with Crippen molar-refractivity contribution >= 4 is 5.65 Å². The Labute approximate surface area is 76.6 Å². The maximum atomic E-state index is 4.23. The van der Waals surface area contributed by atoms with Crippen molar-refractivity contribution in [1.82, 2.24) is 19.7 Å². The van der Waals surface area contributed by atoms with Crippen LogP contribution in [0.25, 0.3) is 5.65 Å². The molecule has 4 heteroatoms. The molecule has 0 atom stereocenters. The molecule has 0 aliphatic heterocycles. The standard InChI is InChI=1S/C9H12N4/c1-2-10-5-8-6-12-9-7-11-3-4-13(8)9/h3-4,6-7,10H,2,5H2,1H3. The van der Waals surface area contributed by atoms with Gasteiger partial charge in [0.15, 0.2) is 5.65 Å². The fraction of sp³-hybridized carbons (Fsp3) is 0.333. The smallest absolute Gasteiger partial charge is 0.155 e. The molecule has 4 nitrogen and oxygen atoms in total. The lowest BCUT2D eigenvalue weighted by atomic mass is 10.4. The fourth-order valence-electron chi connectivity index (χ4n) is 1.28. The summed E-state index contributed by atoms with van der Waals surface area (Å²) in [6, 6.07) is 0. The molecule has 0 aliphatic carbocycles. The lowest BCUT2D eigenvalue weighted by Crippen LogP contribution is -2.13. The first-order valence-electron chi connectivity index (χ1n) is 4.38. The molecule has 0 bridgehead atoms. The van der Waals surface area contributed by atoms with Gasteiger partial charge in [0.1, 0.15) is 0 Å². The number of nitrogens with zero attached hydrogens (tertiary/aromatic N) is 3. The van der Waals surface area contributed by atoms with Crippen LogP contribution >= 0.6 is 0 Å². The van der Waals surface area contributed by atoms with Crippen LogP contribution in [0.3, 0.4) is 0 Å². The highest BCUT2D eigenvalue weighted by molar-refractivity contribution is 5.36. The summed E-state index contributed by atoms with van der Waals surface area (Å²) in [5.41, 5.74) is 2.06. The largest absolute Gasteiger partial charge is 0.311 e. The van der Waals surface area contributed by atoms with Crippen LogP contribution in [-0.4, -0.2) is 20.9 Å². The molecule has 68 valence electrons. The van der Waals surface area contributed by atoms with E-state index < -0.39 is 0 Å². The summed E-state index contributed by atoms with van der Waals surface area (Å²) in [6.07, 6.45) is 7.33. The predicted molar refractivity (Wildman–Crippen MR) is 50.4 cm³/mol. The topological polar surface area (TPSA) is 42.2 Å². The molecule has 1 N–H and O–H groups in total. The molecule has 2 rings (SSSR count). The summed E-state index contributed by atoms with van der Waals surface area (Å²) in [7, 11) is 0. The Morgan fingerprint density at radius 2 is 2.38 bits per heavy atom. The van der Waals surface area contributed by atoms with Crippen molar-refractivity contribution in [2.24, 2.45) is 0 Å². The van der Waals surface area contributed by atoms with E-state index in [4.69, 9.17) is 0 Å². The summed E-state index contributed by atoms with van der Waals surface area (Å²) in [4.78, 5) is 8.23. The molecule has 0 spiro atoms. The van der Waals surface area contributed by atoms with Crippen molar-refractivity contribution in [1.29, 1.82) is 0 Å². The summed E-state index contributed by atoms with van der Waals surface area (Å²) in [5.74, 6) is 0. The molecule has 2 aromatic rings. The maximum Gasteiger partial charge on any atom is 0.155 e. The van der Waals surface area contributed by atoms with Crippen molar-refractivity contribution in [3.05, 3.63) is 30.5 Å².